The number of hydrogen-bond donors (Lipinski definition) is 1. The average molecular weight is 246 g/mol. The molecule has 0 aliphatic carbocycles. The van der Waals surface area contributed by atoms with Crippen molar-refractivity contribution in [2.45, 2.75) is 33.6 Å². The summed E-state index contributed by atoms with van der Waals surface area (Å²) in [6, 6.07) is 1.97. The van der Waals surface area contributed by atoms with Crippen LogP contribution in [0.25, 0.3) is 0 Å². The number of aliphatic hydroxyl groups excluding tert-OH is 1. The van der Waals surface area contributed by atoms with E-state index in [0.29, 0.717) is 5.56 Å². The van der Waals surface area contributed by atoms with Crippen LogP contribution in [0.5, 0.6) is 5.75 Å². The van der Waals surface area contributed by atoms with Crippen molar-refractivity contribution in [1.82, 2.24) is 0 Å². The van der Waals surface area contributed by atoms with E-state index in [0.717, 1.165) is 12.1 Å². The Bertz CT molecular complexity index is 338. The van der Waals surface area contributed by atoms with Crippen LogP contribution in [0.4, 0.5) is 8.78 Å². The van der Waals surface area contributed by atoms with E-state index in [4.69, 9.17) is 9.84 Å². The van der Waals surface area contributed by atoms with Crippen LogP contribution in [0.2, 0.25) is 0 Å². The summed E-state index contributed by atoms with van der Waals surface area (Å²) in [4.78, 5) is 0. The van der Waals surface area contributed by atoms with Gasteiger partial charge in [0.25, 0.3) is 0 Å². The maximum absolute atomic E-state index is 13.4. The van der Waals surface area contributed by atoms with Crippen LogP contribution in [0.15, 0.2) is 12.1 Å². The smallest absolute Gasteiger partial charge is 0.133 e. The van der Waals surface area contributed by atoms with Crippen LogP contribution in [0, 0.1) is 11.6 Å². The fourth-order valence-electron chi connectivity index (χ4n) is 1.40. The number of hydrogen-bond acceptors (Lipinski definition) is 2. The van der Waals surface area contributed by atoms with Crippen molar-refractivity contribution in [3.05, 3.63) is 29.3 Å². The van der Waals surface area contributed by atoms with Crippen LogP contribution in [-0.2, 0) is 0 Å². The lowest BCUT2D eigenvalue weighted by atomic mass is 10.0. The summed E-state index contributed by atoms with van der Waals surface area (Å²) in [6.07, 6.45) is 0. The Labute approximate surface area is 101 Å². The van der Waals surface area contributed by atoms with Crippen molar-refractivity contribution in [3.63, 3.8) is 0 Å². The molecule has 0 bridgehead atoms. The van der Waals surface area contributed by atoms with E-state index < -0.39 is 11.6 Å². The van der Waals surface area contributed by atoms with Gasteiger partial charge in [-0.1, -0.05) is 27.7 Å². The molecule has 1 aromatic rings. The van der Waals surface area contributed by atoms with Crippen molar-refractivity contribution >= 4 is 0 Å². The number of aliphatic hydroxyl groups is 1. The van der Waals surface area contributed by atoms with Gasteiger partial charge in [0.2, 0.25) is 0 Å². The van der Waals surface area contributed by atoms with Crippen LogP contribution < -0.4 is 4.74 Å². The lowest BCUT2D eigenvalue weighted by Crippen LogP contribution is -2.06. The van der Waals surface area contributed by atoms with Gasteiger partial charge in [-0.2, -0.15) is 0 Å². The van der Waals surface area contributed by atoms with Gasteiger partial charge in [0.05, 0.1) is 6.61 Å². The Morgan fingerprint density at radius 3 is 2.29 bits per heavy atom. The Morgan fingerprint density at radius 1 is 1.24 bits per heavy atom. The lowest BCUT2D eigenvalue weighted by Gasteiger charge is -2.14. The molecule has 1 N–H and O–H groups in total. The minimum absolute atomic E-state index is 0.0304. The molecule has 2 nitrogen and oxygen atoms in total. The molecule has 0 unspecified atom stereocenters. The zero-order chi connectivity index (χ0) is 13.4. The molecule has 0 fully saturated rings. The van der Waals surface area contributed by atoms with Gasteiger partial charge in [-0.05, 0) is 5.92 Å². The van der Waals surface area contributed by atoms with E-state index in [1.807, 2.05) is 13.8 Å². The van der Waals surface area contributed by atoms with Crippen molar-refractivity contribution < 1.29 is 18.6 Å². The number of rotatable bonds is 4. The molecule has 0 aromatic heterocycles. The molecule has 0 saturated heterocycles. The van der Waals surface area contributed by atoms with E-state index in [2.05, 4.69) is 0 Å². The first-order valence-electron chi connectivity index (χ1n) is 5.79. The number of ether oxygens (including phenoxy) is 1. The molecule has 0 radical (unpaired) electrons. The van der Waals surface area contributed by atoms with E-state index in [1.54, 1.807) is 13.8 Å². The number of halogens is 2. The molecule has 98 valence electrons. The molecule has 0 aliphatic rings. The second-order valence-electron chi connectivity index (χ2n) is 3.53. The maximum Gasteiger partial charge on any atom is 0.133 e. The Hall–Kier alpha value is -1.16. The zero-order valence-corrected chi connectivity index (χ0v) is 10.8. The molecule has 1 aromatic carbocycles. The summed E-state index contributed by atoms with van der Waals surface area (Å²) in [5, 5.41) is 8.58. The van der Waals surface area contributed by atoms with E-state index >= 15 is 0 Å². The minimum atomic E-state index is -0.676. The standard InChI is InChI=1S/C11H14F2O2.C2H6/c1-7(2)11-9(13)5-8(12)6-10(11)15-4-3-14;1-2/h5-7,14H,3-4H2,1-2H3;1-2H3. The summed E-state index contributed by atoms with van der Waals surface area (Å²) >= 11 is 0. The summed E-state index contributed by atoms with van der Waals surface area (Å²) in [6.45, 7) is 7.43. The fourth-order valence-corrected chi connectivity index (χ4v) is 1.40. The second kappa shape index (κ2) is 8.01. The van der Waals surface area contributed by atoms with E-state index in [9.17, 15) is 8.78 Å². The molecular weight excluding hydrogens is 226 g/mol. The molecule has 17 heavy (non-hydrogen) atoms. The SMILES string of the molecule is CC.CC(C)c1c(F)cc(F)cc1OCCO. The number of benzene rings is 1. The first-order valence-corrected chi connectivity index (χ1v) is 5.79. The normalized spacial score (nSPS) is 9.88. The third-order valence-corrected chi connectivity index (χ3v) is 1.98. The summed E-state index contributed by atoms with van der Waals surface area (Å²) in [5.41, 5.74) is 0.338. The van der Waals surface area contributed by atoms with Gasteiger partial charge in [0.1, 0.15) is 24.0 Å². The lowest BCUT2D eigenvalue weighted by molar-refractivity contribution is 0.198. The van der Waals surface area contributed by atoms with Crippen molar-refractivity contribution in [2.75, 3.05) is 13.2 Å². The molecule has 0 amide bonds. The molecule has 0 heterocycles. The van der Waals surface area contributed by atoms with Crippen molar-refractivity contribution in [1.29, 1.82) is 0 Å². The van der Waals surface area contributed by atoms with Crippen molar-refractivity contribution in [2.24, 2.45) is 0 Å². The van der Waals surface area contributed by atoms with Crippen LogP contribution >= 0.6 is 0 Å². The van der Waals surface area contributed by atoms with Gasteiger partial charge in [-0.15, -0.1) is 0 Å². The maximum atomic E-state index is 13.4. The second-order valence-corrected chi connectivity index (χ2v) is 3.53. The fraction of sp³-hybridized carbons (Fsp3) is 0.538. The highest BCUT2D eigenvalue weighted by atomic mass is 19.1. The van der Waals surface area contributed by atoms with E-state index in [-0.39, 0.29) is 24.9 Å². The van der Waals surface area contributed by atoms with Gasteiger partial charge in [0.15, 0.2) is 0 Å². The Kier molecular flexibility index (Phi) is 7.46. The van der Waals surface area contributed by atoms with Gasteiger partial charge in [-0.3, -0.25) is 0 Å². The van der Waals surface area contributed by atoms with Crippen LogP contribution in [-0.4, -0.2) is 18.3 Å². The van der Waals surface area contributed by atoms with Gasteiger partial charge < -0.3 is 9.84 Å². The summed E-state index contributed by atoms with van der Waals surface area (Å²) < 4.78 is 31.4. The van der Waals surface area contributed by atoms with Gasteiger partial charge in [-0.25, -0.2) is 8.78 Å². The highest BCUT2D eigenvalue weighted by molar-refractivity contribution is 5.37. The molecule has 0 saturated carbocycles. The first kappa shape index (κ1) is 15.8. The van der Waals surface area contributed by atoms with Gasteiger partial charge in [0, 0.05) is 17.7 Å². The van der Waals surface area contributed by atoms with Crippen molar-refractivity contribution in [3.8, 4) is 5.75 Å². The molecule has 0 aliphatic heterocycles. The third-order valence-electron chi connectivity index (χ3n) is 1.98. The summed E-state index contributed by atoms with van der Waals surface area (Å²) in [5.74, 6) is -1.22. The molecule has 1 rings (SSSR count). The van der Waals surface area contributed by atoms with Gasteiger partial charge >= 0.3 is 0 Å². The molecular formula is C13H20F2O2. The molecule has 0 atom stereocenters. The predicted molar refractivity (Wildman–Crippen MR) is 64.4 cm³/mol. The average Bonchev–Trinajstić information content (AvgIpc) is 2.27. The first-order chi connectivity index (χ1) is 8.06. The largest absolute Gasteiger partial charge is 0.491 e. The highest BCUT2D eigenvalue weighted by Gasteiger charge is 2.15. The Morgan fingerprint density at radius 2 is 1.82 bits per heavy atom. The third kappa shape index (κ3) is 4.69. The van der Waals surface area contributed by atoms with E-state index in [1.165, 1.54) is 0 Å². The minimum Gasteiger partial charge on any atom is -0.491 e. The van der Waals surface area contributed by atoms with Crippen LogP contribution in [0.3, 0.4) is 0 Å². The zero-order valence-electron chi connectivity index (χ0n) is 10.8. The topological polar surface area (TPSA) is 29.5 Å². The van der Waals surface area contributed by atoms with Crippen LogP contribution in [0.1, 0.15) is 39.2 Å². The molecule has 4 heteroatoms. The predicted octanol–water partition coefficient (Wildman–Crippen LogP) is 3.49. The highest BCUT2D eigenvalue weighted by Crippen LogP contribution is 2.30. The Balaban J connectivity index is 0.00000121. The quantitative estimate of drug-likeness (QED) is 0.881. The summed E-state index contributed by atoms with van der Waals surface area (Å²) in [7, 11) is 0. The molecule has 0 spiro atoms. The monoisotopic (exact) mass is 246 g/mol.